The molecule has 1 heterocycles. The lowest BCUT2D eigenvalue weighted by Gasteiger charge is -2.46. The number of benzene rings is 1. The van der Waals surface area contributed by atoms with Crippen LogP contribution in [-0.4, -0.2) is 41.1 Å². The molecule has 0 radical (unpaired) electrons. The number of anilines is 1. The number of nitrogens with zero attached hydrogens (tertiary/aromatic N) is 2. The molecule has 20 heavy (non-hydrogen) atoms. The first-order valence-corrected chi connectivity index (χ1v) is 6.84. The fourth-order valence-electron chi connectivity index (χ4n) is 2.80. The quantitative estimate of drug-likeness (QED) is 0.855. The Morgan fingerprint density at radius 2 is 2.15 bits per heavy atom. The highest BCUT2D eigenvalue weighted by Crippen LogP contribution is 2.44. The molecule has 2 N–H and O–H groups in total. The number of aliphatic hydroxyl groups is 1. The number of amides is 1. The molecule has 3 rings (SSSR count). The molecule has 1 saturated heterocycles. The minimum absolute atomic E-state index is 0.148. The Bertz CT molecular complexity index is 569. The van der Waals surface area contributed by atoms with Crippen molar-refractivity contribution in [2.45, 2.75) is 18.4 Å². The smallest absolute Gasteiger partial charge is 0.238 e. The van der Waals surface area contributed by atoms with Gasteiger partial charge in [-0.2, -0.15) is 5.26 Å². The van der Waals surface area contributed by atoms with Crippen molar-refractivity contribution in [3.8, 4) is 6.07 Å². The molecule has 1 amide bonds. The molecule has 2 fully saturated rings. The van der Waals surface area contributed by atoms with Gasteiger partial charge in [0.25, 0.3) is 0 Å². The van der Waals surface area contributed by atoms with Crippen LogP contribution in [0.25, 0.3) is 0 Å². The number of nitrogens with one attached hydrogen (secondary N) is 1. The summed E-state index contributed by atoms with van der Waals surface area (Å²) in [6.45, 7) is 1.41. The topological polar surface area (TPSA) is 76.4 Å². The van der Waals surface area contributed by atoms with Gasteiger partial charge in [0, 0.05) is 13.1 Å². The van der Waals surface area contributed by atoms with Gasteiger partial charge in [-0.05, 0) is 30.9 Å². The van der Waals surface area contributed by atoms with Gasteiger partial charge in [-0.25, -0.2) is 0 Å². The molecule has 0 spiro atoms. The molecule has 2 aliphatic rings. The van der Waals surface area contributed by atoms with Crippen molar-refractivity contribution in [1.82, 2.24) is 4.90 Å². The first kappa shape index (κ1) is 13.1. The summed E-state index contributed by atoms with van der Waals surface area (Å²) in [6, 6.07) is 8.98. The van der Waals surface area contributed by atoms with E-state index in [1.54, 1.807) is 24.3 Å². The van der Waals surface area contributed by atoms with E-state index >= 15 is 0 Å². The van der Waals surface area contributed by atoms with Crippen LogP contribution in [0.1, 0.15) is 18.4 Å². The summed E-state index contributed by atoms with van der Waals surface area (Å²) in [5, 5.41) is 21.9. The van der Waals surface area contributed by atoms with E-state index in [1.165, 1.54) is 0 Å². The summed E-state index contributed by atoms with van der Waals surface area (Å²) in [7, 11) is 0. The van der Waals surface area contributed by atoms with Gasteiger partial charge < -0.3 is 10.4 Å². The van der Waals surface area contributed by atoms with Crippen molar-refractivity contribution in [2.24, 2.45) is 5.92 Å². The fraction of sp³-hybridized carbons (Fsp3) is 0.467. The molecule has 5 nitrogen and oxygen atoms in total. The number of likely N-dealkylation sites (tertiary alicyclic amines) is 1. The van der Waals surface area contributed by atoms with Gasteiger partial charge in [-0.1, -0.05) is 12.1 Å². The normalized spacial score (nSPS) is 20.8. The zero-order chi connectivity index (χ0) is 14.2. The zero-order valence-corrected chi connectivity index (χ0v) is 11.2. The average Bonchev–Trinajstić information content (AvgIpc) is 3.21. The maximum absolute atomic E-state index is 11.9. The summed E-state index contributed by atoms with van der Waals surface area (Å²) >= 11 is 0. The summed E-state index contributed by atoms with van der Waals surface area (Å²) in [6.07, 6.45) is 2.21. The molecule has 1 aromatic carbocycles. The molecule has 0 unspecified atom stereocenters. The van der Waals surface area contributed by atoms with Gasteiger partial charge in [0.15, 0.2) is 0 Å². The molecule has 104 valence electrons. The summed E-state index contributed by atoms with van der Waals surface area (Å²) in [5.41, 5.74) is 0.433. The number of carbonyl (C=O) groups excluding carboxylic acids is 1. The van der Waals surface area contributed by atoms with E-state index in [9.17, 15) is 9.90 Å². The Labute approximate surface area is 117 Å². The van der Waals surface area contributed by atoms with Crippen molar-refractivity contribution in [3.63, 3.8) is 0 Å². The fourth-order valence-corrected chi connectivity index (χ4v) is 2.80. The third-order valence-corrected chi connectivity index (χ3v) is 4.02. The molecule has 1 aliphatic carbocycles. The molecule has 1 saturated carbocycles. The summed E-state index contributed by atoms with van der Waals surface area (Å²) in [5.74, 6) is 0.284. The molecule has 5 heteroatoms. The van der Waals surface area contributed by atoms with Crippen LogP contribution in [0.5, 0.6) is 0 Å². The monoisotopic (exact) mass is 271 g/mol. The predicted molar refractivity (Wildman–Crippen MR) is 73.9 cm³/mol. The van der Waals surface area contributed by atoms with E-state index in [4.69, 9.17) is 5.26 Å². The number of β-amino-alcohol motifs (C(OH)–C–C–N with tert-alkyl or cyclic N) is 1. The standard InChI is InChI=1S/C15H17N3O2/c16-7-11-3-1-2-4-13(11)17-14(19)8-18-9-15(20,10-18)12-5-6-12/h1-4,12,20H,5-6,8-10H2,(H,17,19). The Hall–Kier alpha value is -1.90. The van der Waals surface area contributed by atoms with E-state index in [0.717, 1.165) is 12.8 Å². The highest BCUT2D eigenvalue weighted by Gasteiger charge is 2.51. The SMILES string of the molecule is N#Cc1ccccc1NC(=O)CN1CC(O)(C2CC2)C1. The van der Waals surface area contributed by atoms with Crippen LogP contribution in [-0.2, 0) is 4.79 Å². The number of para-hydroxylation sites is 1. The van der Waals surface area contributed by atoms with E-state index in [0.29, 0.717) is 30.3 Å². The van der Waals surface area contributed by atoms with Gasteiger partial charge >= 0.3 is 0 Å². The Morgan fingerprint density at radius 1 is 1.45 bits per heavy atom. The van der Waals surface area contributed by atoms with E-state index in [1.807, 2.05) is 4.90 Å². The molecule has 0 aromatic heterocycles. The van der Waals surface area contributed by atoms with Gasteiger partial charge in [0.05, 0.1) is 23.4 Å². The van der Waals surface area contributed by atoms with Crippen molar-refractivity contribution >= 4 is 11.6 Å². The van der Waals surface area contributed by atoms with Gasteiger partial charge in [-0.15, -0.1) is 0 Å². The minimum Gasteiger partial charge on any atom is -0.387 e. The lowest BCUT2D eigenvalue weighted by atomic mass is 9.89. The maximum Gasteiger partial charge on any atom is 0.238 e. The average molecular weight is 271 g/mol. The lowest BCUT2D eigenvalue weighted by Crippen LogP contribution is -2.64. The largest absolute Gasteiger partial charge is 0.387 e. The second kappa shape index (κ2) is 4.89. The third-order valence-electron chi connectivity index (χ3n) is 4.02. The van der Waals surface area contributed by atoms with Crippen molar-refractivity contribution in [1.29, 1.82) is 5.26 Å². The molecular formula is C15H17N3O2. The van der Waals surface area contributed by atoms with Crippen LogP contribution in [0, 0.1) is 17.2 Å². The minimum atomic E-state index is -0.565. The number of rotatable bonds is 4. The van der Waals surface area contributed by atoms with E-state index in [2.05, 4.69) is 11.4 Å². The van der Waals surface area contributed by atoms with Gasteiger partial charge in [0.1, 0.15) is 6.07 Å². The van der Waals surface area contributed by atoms with Crippen LogP contribution in [0.4, 0.5) is 5.69 Å². The van der Waals surface area contributed by atoms with Crippen molar-refractivity contribution in [2.75, 3.05) is 25.0 Å². The van der Waals surface area contributed by atoms with E-state index in [-0.39, 0.29) is 12.5 Å². The zero-order valence-electron chi connectivity index (χ0n) is 11.2. The van der Waals surface area contributed by atoms with Gasteiger partial charge in [-0.3, -0.25) is 9.69 Å². The molecule has 0 bridgehead atoms. The molecule has 1 aliphatic heterocycles. The van der Waals surface area contributed by atoms with Crippen molar-refractivity contribution in [3.05, 3.63) is 29.8 Å². The molecule has 0 atom stereocenters. The van der Waals surface area contributed by atoms with Crippen LogP contribution in [0.3, 0.4) is 0 Å². The number of hydrogen-bond acceptors (Lipinski definition) is 4. The highest BCUT2D eigenvalue weighted by molar-refractivity contribution is 5.93. The van der Waals surface area contributed by atoms with Crippen LogP contribution < -0.4 is 5.32 Å². The highest BCUT2D eigenvalue weighted by atomic mass is 16.3. The molecule has 1 aromatic rings. The Morgan fingerprint density at radius 3 is 2.80 bits per heavy atom. The second-order valence-corrected chi connectivity index (χ2v) is 5.73. The predicted octanol–water partition coefficient (Wildman–Crippen LogP) is 0.953. The van der Waals surface area contributed by atoms with Crippen LogP contribution in [0.15, 0.2) is 24.3 Å². The molecular weight excluding hydrogens is 254 g/mol. The number of carbonyl (C=O) groups is 1. The van der Waals surface area contributed by atoms with Gasteiger partial charge in [0.2, 0.25) is 5.91 Å². The maximum atomic E-state index is 11.9. The summed E-state index contributed by atoms with van der Waals surface area (Å²) < 4.78 is 0. The van der Waals surface area contributed by atoms with Crippen molar-refractivity contribution < 1.29 is 9.90 Å². The lowest BCUT2D eigenvalue weighted by molar-refractivity contribution is -0.132. The Balaban J connectivity index is 1.52. The van der Waals surface area contributed by atoms with Crippen LogP contribution >= 0.6 is 0 Å². The first-order chi connectivity index (χ1) is 9.60. The number of nitriles is 1. The first-order valence-electron chi connectivity index (χ1n) is 6.84. The van der Waals surface area contributed by atoms with Crippen LogP contribution in [0.2, 0.25) is 0 Å². The summed E-state index contributed by atoms with van der Waals surface area (Å²) in [4.78, 5) is 13.9. The number of hydrogen-bond donors (Lipinski definition) is 2. The Kier molecular flexibility index (Phi) is 3.20. The second-order valence-electron chi connectivity index (χ2n) is 5.73. The van der Waals surface area contributed by atoms with E-state index < -0.39 is 5.60 Å². The third kappa shape index (κ3) is 2.53.